The van der Waals surface area contributed by atoms with E-state index in [-0.39, 0.29) is 0 Å². The minimum Gasteiger partial charge on any atom is -0.379 e. The number of hydrogen-bond donors (Lipinski definition) is 1. The number of ether oxygens (including phenoxy) is 1. The van der Waals surface area contributed by atoms with E-state index in [9.17, 15) is 0 Å². The molecule has 1 saturated heterocycles. The zero-order valence-corrected chi connectivity index (χ0v) is 15.7. The van der Waals surface area contributed by atoms with Gasteiger partial charge in [-0.1, -0.05) is 28.1 Å². The molecule has 23 heavy (non-hydrogen) atoms. The molecule has 5 nitrogen and oxygen atoms in total. The Labute approximate surface area is 147 Å². The van der Waals surface area contributed by atoms with E-state index in [0.717, 1.165) is 62.9 Å². The van der Waals surface area contributed by atoms with Crippen LogP contribution in [-0.2, 0) is 11.3 Å². The van der Waals surface area contributed by atoms with Crippen LogP contribution in [0.15, 0.2) is 33.7 Å². The number of nitrogens with one attached hydrogen (secondary N) is 1. The molecule has 6 heteroatoms. The van der Waals surface area contributed by atoms with Gasteiger partial charge in [-0.2, -0.15) is 0 Å². The van der Waals surface area contributed by atoms with E-state index in [4.69, 9.17) is 9.73 Å². The first-order valence-corrected chi connectivity index (χ1v) is 9.02. The largest absolute Gasteiger partial charge is 0.379 e. The zero-order chi connectivity index (χ0) is 16.5. The van der Waals surface area contributed by atoms with Gasteiger partial charge >= 0.3 is 0 Å². The zero-order valence-electron chi connectivity index (χ0n) is 14.1. The number of aliphatic imine (C=N–C) groups is 1. The molecule has 2 rings (SSSR count). The van der Waals surface area contributed by atoms with Gasteiger partial charge in [0.15, 0.2) is 5.96 Å². The van der Waals surface area contributed by atoms with Crippen molar-refractivity contribution in [3.8, 4) is 0 Å². The molecule has 1 aromatic carbocycles. The maximum atomic E-state index is 5.38. The average molecular weight is 383 g/mol. The van der Waals surface area contributed by atoms with E-state index in [1.54, 1.807) is 0 Å². The van der Waals surface area contributed by atoms with Crippen LogP contribution in [0, 0.1) is 0 Å². The molecule has 1 N–H and O–H groups in total. The summed E-state index contributed by atoms with van der Waals surface area (Å²) in [5, 5.41) is 3.38. The fraction of sp³-hybridized carbons (Fsp3) is 0.588. The molecule has 1 aliphatic rings. The first kappa shape index (κ1) is 18.2. The molecular formula is C17H27BrN4O. The van der Waals surface area contributed by atoms with Crippen molar-refractivity contribution in [2.24, 2.45) is 4.99 Å². The van der Waals surface area contributed by atoms with Crippen molar-refractivity contribution in [2.45, 2.75) is 13.5 Å². The third-order valence-electron chi connectivity index (χ3n) is 3.81. The van der Waals surface area contributed by atoms with Crippen LogP contribution in [0.1, 0.15) is 12.5 Å². The minimum atomic E-state index is 0.813. The summed E-state index contributed by atoms with van der Waals surface area (Å²) in [6.45, 7) is 9.34. The van der Waals surface area contributed by atoms with Crippen molar-refractivity contribution >= 4 is 21.9 Å². The smallest absolute Gasteiger partial charge is 0.194 e. The van der Waals surface area contributed by atoms with Gasteiger partial charge in [0.25, 0.3) is 0 Å². The van der Waals surface area contributed by atoms with Gasteiger partial charge in [-0.05, 0) is 24.6 Å². The number of hydrogen-bond acceptors (Lipinski definition) is 3. The van der Waals surface area contributed by atoms with E-state index in [1.165, 1.54) is 5.56 Å². The molecule has 0 spiro atoms. The molecular weight excluding hydrogens is 356 g/mol. The molecule has 0 amide bonds. The maximum absolute atomic E-state index is 5.38. The third-order valence-corrected chi connectivity index (χ3v) is 4.34. The molecule has 0 radical (unpaired) electrons. The maximum Gasteiger partial charge on any atom is 0.194 e. The molecule has 1 heterocycles. The van der Waals surface area contributed by atoms with Crippen LogP contribution in [0.5, 0.6) is 0 Å². The number of benzene rings is 1. The fourth-order valence-corrected chi connectivity index (χ4v) is 2.79. The van der Waals surface area contributed by atoms with Gasteiger partial charge in [-0.25, -0.2) is 0 Å². The predicted octanol–water partition coefficient (Wildman–Crippen LogP) is 2.18. The van der Waals surface area contributed by atoms with Crippen LogP contribution in [0.4, 0.5) is 0 Å². The van der Waals surface area contributed by atoms with Gasteiger partial charge in [-0.3, -0.25) is 9.89 Å². The molecule has 0 unspecified atom stereocenters. The molecule has 0 aliphatic carbocycles. The Balaban J connectivity index is 1.87. The lowest BCUT2D eigenvalue weighted by molar-refractivity contribution is 0.0394. The summed E-state index contributed by atoms with van der Waals surface area (Å²) in [6, 6.07) is 8.42. The number of rotatable bonds is 6. The van der Waals surface area contributed by atoms with Gasteiger partial charge in [0.2, 0.25) is 0 Å². The van der Waals surface area contributed by atoms with Crippen molar-refractivity contribution in [1.82, 2.24) is 15.1 Å². The van der Waals surface area contributed by atoms with Crippen molar-refractivity contribution < 1.29 is 4.74 Å². The van der Waals surface area contributed by atoms with Gasteiger partial charge in [0.1, 0.15) is 0 Å². The van der Waals surface area contributed by atoms with Gasteiger partial charge < -0.3 is 15.0 Å². The number of morpholine rings is 1. The first-order valence-electron chi connectivity index (χ1n) is 8.23. The van der Waals surface area contributed by atoms with E-state index in [2.05, 4.69) is 69.3 Å². The van der Waals surface area contributed by atoms with Crippen LogP contribution in [0.3, 0.4) is 0 Å². The predicted molar refractivity (Wildman–Crippen MR) is 98.8 cm³/mol. The Hall–Kier alpha value is -1.11. The molecule has 0 bridgehead atoms. The second-order valence-electron chi connectivity index (χ2n) is 5.67. The second-order valence-corrected chi connectivity index (χ2v) is 6.59. The van der Waals surface area contributed by atoms with E-state index >= 15 is 0 Å². The summed E-state index contributed by atoms with van der Waals surface area (Å²) < 4.78 is 6.48. The lowest BCUT2D eigenvalue weighted by Crippen LogP contribution is -2.40. The Morgan fingerprint density at radius 2 is 2.00 bits per heavy atom. The van der Waals surface area contributed by atoms with Crippen LogP contribution >= 0.6 is 15.9 Å². The quantitative estimate of drug-likeness (QED) is 0.604. The van der Waals surface area contributed by atoms with E-state index in [1.807, 2.05) is 0 Å². The summed E-state index contributed by atoms with van der Waals surface area (Å²) in [4.78, 5) is 9.34. The molecule has 1 aliphatic heterocycles. The van der Waals surface area contributed by atoms with Crippen molar-refractivity contribution in [2.75, 3.05) is 53.0 Å². The molecule has 1 aromatic rings. The SMILES string of the molecule is CCNC(=NCCN1CCOCC1)N(C)Cc1ccc(Br)cc1. The van der Waals surface area contributed by atoms with Crippen LogP contribution in [0.25, 0.3) is 0 Å². The van der Waals surface area contributed by atoms with Crippen molar-refractivity contribution in [3.05, 3.63) is 34.3 Å². The van der Waals surface area contributed by atoms with Crippen molar-refractivity contribution in [1.29, 1.82) is 0 Å². The summed E-state index contributed by atoms with van der Waals surface area (Å²) in [6.07, 6.45) is 0. The van der Waals surface area contributed by atoms with Crippen molar-refractivity contribution in [3.63, 3.8) is 0 Å². The highest BCUT2D eigenvalue weighted by molar-refractivity contribution is 9.10. The number of guanidine groups is 1. The molecule has 0 saturated carbocycles. The van der Waals surface area contributed by atoms with Crippen LogP contribution in [0.2, 0.25) is 0 Å². The highest BCUT2D eigenvalue weighted by Crippen LogP contribution is 2.11. The Bertz CT molecular complexity index is 486. The minimum absolute atomic E-state index is 0.813. The molecule has 1 fully saturated rings. The Morgan fingerprint density at radius 1 is 1.30 bits per heavy atom. The lowest BCUT2D eigenvalue weighted by atomic mass is 10.2. The highest BCUT2D eigenvalue weighted by Gasteiger charge is 2.10. The van der Waals surface area contributed by atoms with Crippen LogP contribution < -0.4 is 5.32 Å². The molecule has 0 aromatic heterocycles. The van der Waals surface area contributed by atoms with Gasteiger partial charge in [-0.15, -0.1) is 0 Å². The summed E-state index contributed by atoms with van der Waals surface area (Å²) in [5.74, 6) is 0.962. The summed E-state index contributed by atoms with van der Waals surface area (Å²) in [7, 11) is 2.08. The van der Waals surface area contributed by atoms with E-state index in [0.29, 0.717) is 0 Å². The normalized spacial score (nSPS) is 16.4. The number of nitrogens with zero attached hydrogens (tertiary/aromatic N) is 3. The molecule has 128 valence electrons. The Kier molecular flexibility index (Phi) is 7.85. The first-order chi connectivity index (χ1) is 11.2. The Morgan fingerprint density at radius 3 is 2.65 bits per heavy atom. The summed E-state index contributed by atoms with van der Waals surface area (Å²) >= 11 is 3.47. The molecule has 0 atom stereocenters. The topological polar surface area (TPSA) is 40.1 Å². The lowest BCUT2D eigenvalue weighted by Gasteiger charge is -2.26. The highest BCUT2D eigenvalue weighted by atomic mass is 79.9. The standard InChI is InChI=1S/C17H27BrN4O/c1-3-19-17(20-8-9-22-10-12-23-13-11-22)21(2)14-15-4-6-16(18)7-5-15/h4-7H,3,8-14H2,1-2H3,(H,19,20). The summed E-state index contributed by atoms with van der Waals surface area (Å²) in [5.41, 5.74) is 1.27. The number of halogens is 1. The fourth-order valence-electron chi connectivity index (χ4n) is 2.53. The second kappa shape index (κ2) is 9.90. The van der Waals surface area contributed by atoms with Crippen LogP contribution in [-0.4, -0.2) is 68.7 Å². The average Bonchev–Trinajstić information content (AvgIpc) is 2.57. The monoisotopic (exact) mass is 382 g/mol. The van der Waals surface area contributed by atoms with E-state index < -0.39 is 0 Å². The third kappa shape index (κ3) is 6.49. The van der Waals surface area contributed by atoms with Gasteiger partial charge in [0.05, 0.1) is 19.8 Å². The van der Waals surface area contributed by atoms with Gasteiger partial charge in [0, 0.05) is 44.2 Å².